The van der Waals surface area contributed by atoms with E-state index in [4.69, 9.17) is 9.47 Å². The molecule has 2 atom stereocenters. The van der Waals surface area contributed by atoms with Crippen LogP contribution in [-0.2, 0) is 35.5 Å². The molecule has 3 aliphatic heterocycles. The fraction of sp³-hybridized carbons (Fsp3) is 0.323. The Morgan fingerprint density at radius 2 is 1.81 bits per heavy atom. The molecule has 184 valence electrons. The first-order valence-electron chi connectivity index (χ1n) is 12.7. The number of cyclic esters (lactones) is 1. The van der Waals surface area contributed by atoms with Gasteiger partial charge in [0.1, 0.15) is 18.5 Å². The van der Waals surface area contributed by atoms with E-state index in [2.05, 4.69) is 42.7 Å². The first-order chi connectivity index (χ1) is 17.4. The summed E-state index contributed by atoms with van der Waals surface area (Å²) in [7, 11) is 0. The Balaban J connectivity index is 1.17. The van der Waals surface area contributed by atoms with Gasteiger partial charge in [-0.15, -0.1) is 0 Å². The molecule has 0 amide bonds. The maximum atomic E-state index is 12.2. The lowest BCUT2D eigenvalue weighted by molar-refractivity contribution is 0.0301. The lowest BCUT2D eigenvalue weighted by Crippen LogP contribution is -2.34. The van der Waals surface area contributed by atoms with Crippen LogP contribution in [0.5, 0.6) is 0 Å². The van der Waals surface area contributed by atoms with E-state index >= 15 is 0 Å². The molecular formula is C31H31NO4. The van der Waals surface area contributed by atoms with Crippen molar-refractivity contribution in [2.75, 3.05) is 13.1 Å². The van der Waals surface area contributed by atoms with Gasteiger partial charge in [0.05, 0.1) is 11.7 Å². The summed E-state index contributed by atoms with van der Waals surface area (Å²) in [6.45, 7) is 10.8. The van der Waals surface area contributed by atoms with E-state index in [0.29, 0.717) is 24.5 Å². The minimum atomic E-state index is -0.547. The number of carbonyl (C=O) groups is 1. The summed E-state index contributed by atoms with van der Waals surface area (Å²) in [5.74, 6) is 0.491. The van der Waals surface area contributed by atoms with E-state index in [9.17, 15) is 9.90 Å². The van der Waals surface area contributed by atoms with E-state index in [1.165, 1.54) is 16.7 Å². The summed E-state index contributed by atoms with van der Waals surface area (Å²) in [4.78, 5) is 14.5. The second-order valence-electron chi connectivity index (χ2n) is 10.3. The minimum Gasteiger partial charge on any atom is -0.489 e. The van der Waals surface area contributed by atoms with Crippen molar-refractivity contribution >= 4 is 11.7 Å². The molecule has 0 spiro atoms. The molecule has 0 fully saturated rings. The van der Waals surface area contributed by atoms with Crippen molar-refractivity contribution in [3.05, 3.63) is 99.6 Å². The van der Waals surface area contributed by atoms with Crippen molar-refractivity contribution in [3.63, 3.8) is 0 Å². The molecule has 5 heteroatoms. The number of ether oxygens (including phenoxy) is 2. The summed E-state index contributed by atoms with van der Waals surface area (Å²) in [5, 5.41) is 11.1. The van der Waals surface area contributed by atoms with Crippen molar-refractivity contribution in [2.24, 2.45) is 0 Å². The van der Waals surface area contributed by atoms with Crippen LogP contribution in [0.1, 0.15) is 62.3 Å². The van der Waals surface area contributed by atoms with Crippen LogP contribution in [0, 0.1) is 6.92 Å². The fourth-order valence-corrected chi connectivity index (χ4v) is 5.85. The number of fused-ring (bicyclic) bond motifs is 3. The molecular weight excluding hydrogens is 450 g/mol. The zero-order valence-electron chi connectivity index (χ0n) is 20.8. The summed E-state index contributed by atoms with van der Waals surface area (Å²) < 4.78 is 11.0. The normalized spacial score (nSPS) is 19.7. The third kappa shape index (κ3) is 4.02. The molecule has 0 saturated carbocycles. The van der Waals surface area contributed by atoms with E-state index < -0.39 is 6.10 Å². The highest BCUT2D eigenvalue weighted by atomic mass is 16.5. The van der Waals surface area contributed by atoms with Gasteiger partial charge in [0.25, 0.3) is 0 Å². The average molecular weight is 482 g/mol. The molecule has 5 nitrogen and oxygen atoms in total. The van der Waals surface area contributed by atoms with Gasteiger partial charge >= 0.3 is 5.97 Å². The maximum Gasteiger partial charge on any atom is 0.338 e. The van der Waals surface area contributed by atoms with Gasteiger partial charge in [-0.05, 0) is 65.3 Å². The predicted molar refractivity (Wildman–Crippen MR) is 139 cm³/mol. The van der Waals surface area contributed by atoms with Gasteiger partial charge < -0.3 is 14.6 Å². The first kappa shape index (κ1) is 23.0. The number of aliphatic hydroxyl groups is 1. The van der Waals surface area contributed by atoms with Crippen LogP contribution < -0.4 is 0 Å². The number of esters is 1. The van der Waals surface area contributed by atoms with Crippen LogP contribution in [0.25, 0.3) is 16.9 Å². The molecule has 36 heavy (non-hydrogen) atoms. The van der Waals surface area contributed by atoms with Crippen LogP contribution >= 0.6 is 0 Å². The Hall–Kier alpha value is -3.41. The molecule has 1 N–H and O–H groups in total. The molecule has 3 aromatic carbocycles. The molecule has 0 unspecified atom stereocenters. The van der Waals surface area contributed by atoms with Gasteiger partial charge in [-0.3, -0.25) is 4.90 Å². The molecule has 3 aliphatic rings. The largest absolute Gasteiger partial charge is 0.489 e. The summed E-state index contributed by atoms with van der Waals surface area (Å²) in [6, 6.07) is 16.7. The number of benzene rings is 3. The number of carbonyl (C=O) groups excluding carboxylic acids is 1. The number of hydrogen-bond acceptors (Lipinski definition) is 5. The van der Waals surface area contributed by atoms with Gasteiger partial charge in [-0.2, -0.15) is 0 Å². The minimum absolute atomic E-state index is 0.0847. The number of nitrogens with zero attached hydrogens (tertiary/aromatic N) is 1. The topological polar surface area (TPSA) is 59.0 Å². The lowest BCUT2D eigenvalue weighted by Gasteiger charge is -2.31. The van der Waals surface area contributed by atoms with Crippen molar-refractivity contribution < 1.29 is 19.4 Å². The smallest absolute Gasteiger partial charge is 0.338 e. The van der Waals surface area contributed by atoms with Gasteiger partial charge in [0.2, 0.25) is 0 Å². The average Bonchev–Trinajstić information content (AvgIpc) is 3.25. The van der Waals surface area contributed by atoms with E-state index in [-0.39, 0.29) is 12.1 Å². The Morgan fingerprint density at radius 3 is 2.64 bits per heavy atom. The quantitative estimate of drug-likeness (QED) is 0.509. The van der Waals surface area contributed by atoms with Gasteiger partial charge in [0, 0.05) is 37.2 Å². The highest BCUT2D eigenvalue weighted by molar-refractivity contribution is 5.93. The second kappa shape index (κ2) is 8.91. The van der Waals surface area contributed by atoms with Crippen LogP contribution in [-0.4, -0.2) is 35.2 Å². The predicted octanol–water partition coefficient (Wildman–Crippen LogP) is 5.36. The molecule has 3 aromatic rings. The maximum absolute atomic E-state index is 12.2. The number of aliphatic hydroxyl groups excluding tert-OH is 1. The summed E-state index contributed by atoms with van der Waals surface area (Å²) in [6.07, 6.45) is 1.07. The van der Waals surface area contributed by atoms with Gasteiger partial charge in [-0.1, -0.05) is 49.0 Å². The third-order valence-corrected chi connectivity index (χ3v) is 7.89. The second-order valence-corrected chi connectivity index (χ2v) is 10.3. The fourth-order valence-electron chi connectivity index (χ4n) is 5.85. The molecule has 0 bridgehead atoms. The number of hydrogen-bond donors (Lipinski definition) is 1. The third-order valence-electron chi connectivity index (χ3n) is 7.89. The van der Waals surface area contributed by atoms with Crippen molar-refractivity contribution in [1.29, 1.82) is 0 Å². The van der Waals surface area contributed by atoms with Gasteiger partial charge in [-0.25, -0.2) is 4.79 Å². The molecule has 0 aliphatic carbocycles. The summed E-state index contributed by atoms with van der Waals surface area (Å²) >= 11 is 0. The molecule has 0 saturated heterocycles. The first-order valence-corrected chi connectivity index (χ1v) is 12.7. The molecule has 3 heterocycles. The molecule has 0 radical (unpaired) electrons. The van der Waals surface area contributed by atoms with Crippen molar-refractivity contribution in [3.8, 4) is 11.1 Å². The standard InChI is InChI=1S/C31H31NO4/c1-18-12-25-14-22(6-7-28(25)31(34)36-18)21-4-5-24-15-32(11-10-23(24)13-21)16-30(33)26-8-9-27-20(3)35-17-29(27)19(26)2/h4-9,13-14,18,30,33H,3,10-12,15-17H2,1-2H3/t18-,30-/m0/s1. The number of β-amino-alcohol motifs (C(OH)–C–C–N with tert-alkyl or cyclic N) is 1. The van der Waals surface area contributed by atoms with Crippen molar-refractivity contribution in [2.45, 2.75) is 52.0 Å². The SMILES string of the molecule is C=C1OCc2c1ccc([C@@H](O)CN1CCc3cc(-c4ccc5c(c4)C[C@H](C)OC5=O)ccc3C1)c2C. The Morgan fingerprint density at radius 1 is 1.06 bits per heavy atom. The lowest BCUT2D eigenvalue weighted by atomic mass is 9.91. The van der Waals surface area contributed by atoms with E-state index in [0.717, 1.165) is 59.3 Å². The molecule has 6 rings (SSSR count). The van der Waals surface area contributed by atoms with Crippen LogP contribution in [0.15, 0.2) is 55.1 Å². The highest BCUT2D eigenvalue weighted by Gasteiger charge is 2.26. The summed E-state index contributed by atoms with van der Waals surface area (Å²) in [5.41, 5.74) is 11.0. The van der Waals surface area contributed by atoms with Crippen LogP contribution in [0.4, 0.5) is 0 Å². The monoisotopic (exact) mass is 481 g/mol. The van der Waals surface area contributed by atoms with E-state index in [1.807, 2.05) is 31.2 Å². The van der Waals surface area contributed by atoms with Gasteiger partial charge in [0.15, 0.2) is 0 Å². The van der Waals surface area contributed by atoms with Crippen molar-refractivity contribution in [1.82, 2.24) is 4.90 Å². The zero-order valence-corrected chi connectivity index (χ0v) is 20.8. The van der Waals surface area contributed by atoms with Crippen LogP contribution in [0.2, 0.25) is 0 Å². The Bertz CT molecular complexity index is 1390. The number of rotatable bonds is 4. The highest BCUT2D eigenvalue weighted by Crippen LogP contribution is 2.35. The molecule has 0 aromatic heterocycles. The van der Waals surface area contributed by atoms with Crippen LogP contribution in [0.3, 0.4) is 0 Å². The Kier molecular flexibility index (Phi) is 5.70. The van der Waals surface area contributed by atoms with E-state index in [1.54, 1.807) is 0 Å². The Labute approximate surface area is 212 Å². The zero-order chi connectivity index (χ0) is 25.0.